The van der Waals surface area contributed by atoms with Gasteiger partial charge in [-0.15, -0.1) is 0 Å². The van der Waals surface area contributed by atoms with E-state index >= 15 is 0 Å². The number of carboxylic acids is 1. The molecule has 0 bridgehead atoms. The second kappa shape index (κ2) is 5.55. The lowest BCUT2D eigenvalue weighted by Crippen LogP contribution is -2.28. The van der Waals surface area contributed by atoms with Crippen LogP contribution in [0.25, 0.3) is 0 Å². The van der Waals surface area contributed by atoms with Crippen molar-refractivity contribution in [3.05, 3.63) is 35.4 Å². The molecule has 16 heavy (non-hydrogen) atoms. The molecule has 3 nitrogen and oxygen atoms in total. The number of halogens is 2. The standard InChI is InChI=1S/C11H13F2NO2/c1-2-14-9(11(15)16)7-4-3-5-8(6-7)10(12)13/h3-6,9-10,14H,2H2,1H3,(H,15,16). The molecule has 0 aliphatic carbocycles. The highest BCUT2D eigenvalue weighted by molar-refractivity contribution is 5.75. The zero-order valence-electron chi connectivity index (χ0n) is 8.78. The summed E-state index contributed by atoms with van der Waals surface area (Å²) in [5, 5.41) is 11.7. The molecule has 0 radical (unpaired) electrons. The molecule has 0 saturated heterocycles. The number of aliphatic carboxylic acids is 1. The molecule has 1 rings (SSSR count). The van der Waals surface area contributed by atoms with Crippen molar-refractivity contribution in [2.75, 3.05) is 6.54 Å². The summed E-state index contributed by atoms with van der Waals surface area (Å²) in [5.74, 6) is -1.08. The maximum atomic E-state index is 12.4. The van der Waals surface area contributed by atoms with Crippen molar-refractivity contribution < 1.29 is 18.7 Å². The highest BCUT2D eigenvalue weighted by atomic mass is 19.3. The molecule has 0 aliphatic rings. The van der Waals surface area contributed by atoms with Gasteiger partial charge in [-0.25, -0.2) is 8.78 Å². The van der Waals surface area contributed by atoms with Crippen molar-refractivity contribution in [2.24, 2.45) is 0 Å². The zero-order chi connectivity index (χ0) is 12.1. The van der Waals surface area contributed by atoms with Crippen LogP contribution in [0, 0.1) is 0 Å². The molecule has 0 aromatic heterocycles. The van der Waals surface area contributed by atoms with Crippen molar-refractivity contribution in [3.63, 3.8) is 0 Å². The number of alkyl halides is 2. The Bertz CT molecular complexity index is 369. The Morgan fingerprint density at radius 1 is 1.44 bits per heavy atom. The van der Waals surface area contributed by atoms with Crippen LogP contribution in [-0.2, 0) is 4.79 Å². The molecule has 1 unspecified atom stereocenters. The van der Waals surface area contributed by atoms with Crippen LogP contribution in [-0.4, -0.2) is 17.6 Å². The Hall–Kier alpha value is -1.49. The maximum absolute atomic E-state index is 12.4. The number of carbonyl (C=O) groups is 1. The van der Waals surface area contributed by atoms with Gasteiger partial charge in [0.2, 0.25) is 0 Å². The van der Waals surface area contributed by atoms with E-state index in [0.717, 1.165) is 0 Å². The van der Waals surface area contributed by atoms with Gasteiger partial charge in [-0.1, -0.05) is 25.1 Å². The minimum atomic E-state index is -2.59. The monoisotopic (exact) mass is 229 g/mol. The molecular weight excluding hydrogens is 216 g/mol. The Morgan fingerprint density at radius 3 is 2.56 bits per heavy atom. The van der Waals surface area contributed by atoms with Crippen LogP contribution >= 0.6 is 0 Å². The summed E-state index contributed by atoms with van der Waals surface area (Å²) in [6.07, 6.45) is -2.59. The van der Waals surface area contributed by atoms with E-state index in [1.165, 1.54) is 24.3 Å². The van der Waals surface area contributed by atoms with E-state index < -0.39 is 18.4 Å². The van der Waals surface area contributed by atoms with Gasteiger partial charge >= 0.3 is 5.97 Å². The smallest absolute Gasteiger partial charge is 0.325 e. The summed E-state index contributed by atoms with van der Waals surface area (Å²) in [4.78, 5) is 10.9. The summed E-state index contributed by atoms with van der Waals surface area (Å²) >= 11 is 0. The highest BCUT2D eigenvalue weighted by Crippen LogP contribution is 2.22. The Morgan fingerprint density at radius 2 is 2.06 bits per heavy atom. The predicted octanol–water partition coefficient (Wildman–Crippen LogP) is 2.36. The van der Waals surface area contributed by atoms with Gasteiger partial charge in [0.25, 0.3) is 6.43 Å². The maximum Gasteiger partial charge on any atom is 0.325 e. The topological polar surface area (TPSA) is 49.3 Å². The van der Waals surface area contributed by atoms with Crippen molar-refractivity contribution in [3.8, 4) is 0 Å². The predicted molar refractivity (Wildman–Crippen MR) is 55.5 cm³/mol. The van der Waals surface area contributed by atoms with Crippen molar-refractivity contribution in [2.45, 2.75) is 19.4 Å². The normalized spacial score (nSPS) is 12.8. The minimum Gasteiger partial charge on any atom is -0.480 e. The molecule has 1 atom stereocenters. The van der Waals surface area contributed by atoms with Gasteiger partial charge in [0.05, 0.1) is 0 Å². The van der Waals surface area contributed by atoms with Crippen LogP contribution < -0.4 is 5.32 Å². The molecule has 0 amide bonds. The lowest BCUT2D eigenvalue weighted by Gasteiger charge is -2.14. The van der Waals surface area contributed by atoms with Crippen molar-refractivity contribution >= 4 is 5.97 Å². The van der Waals surface area contributed by atoms with Crippen LogP contribution in [0.15, 0.2) is 24.3 Å². The van der Waals surface area contributed by atoms with Crippen molar-refractivity contribution in [1.82, 2.24) is 5.32 Å². The first kappa shape index (κ1) is 12.6. The Labute approximate surface area is 92.1 Å². The molecule has 0 saturated carbocycles. The van der Waals surface area contributed by atoms with E-state index in [9.17, 15) is 13.6 Å². The summed E-state index contributed by atoms with van der Waals surface area (Å²) in [7, 11) is 0. The SMILES string of the molecule is CCNC(C(=O)O)c1cccc(C(F)F)c1. The van der Waals surface area contributed by atoms with Gasteiger partial charge in [-0.2, -0.15) is 0 Å². The summed E-state index contributed by atoms with van der Waals surface area (Å²) < 4.78 is 24.9. The van der Waals surface area contributed by atoms with E-state index in [2.05, 4.69) is 5.32 Å². The number of carboxylic acid groups (broad SMARTS) is 1. The lowest BCUT2D eigenvalue weighted by atomic mass is 10.0. The summed E-state index contributed by atoms with van der Waals surface area (Å²) in [6.45, 7) is 2.21. The molecule has 0 spiro atoms. The number of nitrogens with one attached hydrogen (secondary N) is 1. The Balaban J connectivity index is 3.00. The van der Waals surface area contributed by atoms with E-state index in [4.69, 9.17) is 5.11 Å². The molecule has 5 heteroatoms. The number of benzene rings is 1. The molecule has 88 valence electrons. The number of hydrogen-bond donors (Lipinski definition) is 2. The van der Waals surface area contributed by atoms with Gasteiger partial charge in [-0.05, 0) is 18.2 Å². The van der Waals surface area contributed by atoms with Crippen LogP contribution in [0.3, 0.4) is 0 Å². The Kier molecular flexibility index (Phi) is 4.37. The molecule has 2 N–H and O–H groups in total. The highest BCUT2D eigenvalue weighted by Gasteiger charge is 2.19. The average Bonchev–Trinajstić information content (AvgIpc) is 2.25. The first-order valence-corrected chi connectivity index (χ1v) is 4.90. The second-order valence-corrected chi connectivity index (χ2v) is 3.30. The largest absolute Gasteiger partial charge is 0.480 e. The van der Waals surface area contributed by atoms with Crippen LogP contribution in [0.4, 0.5) is 8.78 Å². The van der Waals surface area contributed by atoms with E-state index in [-0.39, 0.29) is 5.56 Å². The zero-order valence-corrected chi connectivity index (χ0v) is 8.78. The van der Waals surface area contributed by atoms with E-state index in [1.807, 2.05) is 0 Å². The molecule has 0 fully saturated rings. The van der Waals surface area contributed by atoms with Gasteiger partial charge in [0, 0.05) is 5.56 Å². The van der Waals surface area contributed by atoms with E-state index in [0.29, 0.717) is 12.1 Å². The molecule has 0 heterocycles. The molecular formula is C11H13F2NO2. The molecule has 0 aliphatic heterocycles. The number of likely N-dealkylation sites (N-methyl/N-ethyl adjacent to an activating group) is 1. The third-order valence-electron chi connectivity index (χ3n) is 2.15. The second-order valence-electron chi connectivity index (χ2n) is 3.30. The van der Waals surface area contributed by atoms with Gasteiger partial charge in [0.1, 0.15) is 6.04 Å². The van der Waals surface area contributed by atoms with Crippen LogP contribution in [0.5, 0.6) is 0 Å². The van der Waals surface area contributed by atoms with Gasteiger partial charge < -0.3 is 10.4 Å². The van der Waals surface area contributed by atoms with Crippen molar-refractivity contribution in [1.29, 1.82) is 0 Å². The molecule has 1 aromatic rings. The van der Waals surface area contributed by atoms with Crippen LogP contribution in [0.1, 0.15) is 30.5 Å². The lowest BCUT2D eigenvalue weighted by molar-refractivity contribution is -0.139. The average molecular weight is 229 g/mol. The fourth-order valence-corrected chi connectivity index (χ4v) is 1.43. The quantitative estimate of drug-likeness (QED) is 0.814. The van der Waals surface area contributed by atoms with E-state index in [1.54, 1.807) is 6.92 Å². The first-order chi connectivity index (χ1) is 7.56. The third-order valence-corrected chi connectivity index (χ3v) is 2.15. The third kappa shape index (κ3) is 3.00. The van der Waals surface area contributed by atoms with Gasteiger partial charge in [0.15, 0.2) is 0 Å². The molecule has 1 aromatic carbocycles. The number of hydrogen-bond acceptors (Lipinski definition) is 2. The number of rotatable bonds is 5. The minimum absolute atomic E-state index is 0.165. The summed E-state index contributed by atoms with van der Waals surface area (Å²) in [6, 6.07) is 4.51. The first-order valence-electron chi connectivity index (χ1n) is 4.90. The fraction of sp³-hybridized carbons (Fsp3) is 0.364. The van der Waals surface area contributed by atoms with Crippen LogP contribution in [0.2, 0.25) is 0 Å². The fourth-order valence-electron chi connectivity index (χ4n) is 1.43. The summed E-state index contributed by atoms with van der Waals surface area (Å²) in [5.41, 5.74) is 0.175. The van der Waals surface area contributed by atoms with Gasteiger partial charge in [-0.3, -0.25) is 4.79 Å².